The minimum atomic E-state index is -0.864. The Hall–Kier alpha value is -1.43. The monoisotopic (exact) mass is 331 g/mol. The second kappa shape index (κ2) is 7.89. The number of carbonyl (C=O) groups is 2. The fourth-order valence-electron chi connectivity index (χ4n) is 1.52. The maximum atomic E-state index is 13.4. The molecule has 0 heterocycles. The second-order valence-corrected chi connectivity index (χ2v) is 5.03. The van der Waals surface area contributed by atoms with Gasteiger partial charge in [0.05, 0.1) is 0 Å². The molecule has 0 unspecified atom stereocenters. The van der Waals surface area contributed by atoms with Crippen LogP contribution in [-0.4, -0.2) is 17.0 Å². The highest BCUT2D eigenvalue weighted by Crippen LogP contribution is 2.15. The summed E-state index contributed by atoms with van der Waals surface area (Å²) >= 11 is 3.23. The summed E-state index contributed by atoms with van der Waals surface area (Å²) in [6, 6.07) is 4.53. The van der Waals surface area contributed by atoms with Gasteiger partial charge in [-0.05, 0) is 31.0 Å². The van der Waals surface area contributed by atoms with Crippen LogP contribution in [-0.2, 0) is 16.1 Å². The predicted octanol–water partition coefficient (Wildman–Crippen LogP) is 2.85. The summed E-state index contributed by atoms with van der Waals surface area (Å²) in [5.41, 5.74) is 0.410. The van der Waals surface area contributed by atoms with E-state index in [1.54, 1.807) is 12.1 Å². The molecule has 0 aromatic heterocycles. The molecule has 0 aliphatic rings. The molecule has 0 spiro atoms. The average molecular weight is 332 g/mol. The van der Waals surface area contributed by atoms with Crippen molar-refractivity contribution in [2.75, 3.05) is 0 Å². The number of benzene rings is 1. The van der Waals surface area contributed by atoms with Gasteiger partial charge >= 0.3 is 5.97 Å². The first kappa shape index (κ1) is 15.6. The van der Waals surface area contributed by atoms with Crippen LogP contribution in [0, 0.1) is 5.82 Å². The van der Waals surface area contributed by atoms with Gasteiger partial charge in [0, 0.05) is 29.4 Å². The number of carbonyl (C=O) groups excluding carboxylic acids is 1. The Morgan fingerprint density at radius 1 is 1.26 bits per heavy atom. The average Bonchev–Trinajstić information content (AvgIpc) is 2.35. The lowest BCUT2D eigenvalue weighted by Gasteiger charge is -2.06. The third-order valence-corrected chi connectivity index (χ3v) is 3.02. The van der Waals surface area contributed by atoms with Crippen molar-refractivity contribution in [3.63, 3.8) is 0 Å². The van der Waals surface area contributed by atoms with Crippen LogP contribution >= 0.6 is 15.9 Å². The molecule has 1 amide bonds. The molecule has 0 aliphatic heterocycles. The molecule has 104 valence electrons. The maximum absolute atomic E-state index is 13.4. The van der Waals surface area contributed by atoms with E-state index >= 15 is 0 Å². The van der Waals surface area contributed by atoms with Gasteiger partial charge < -0.3 is 10.4 Å². The molecule has 1 aromatic carbocycles. The van der Waals surface area contributed by atoms with E-state index in [2.05, 4.69) is 21.2 Å². The van der Waals surface area contributed by atoms with E-state index < -0.39 is 5.97 Å². The van der Waals surface area contributed by atoms with Gasteiger partial charge in [-0.15, -0.1) is 0 Å². The van der Waals surface area contributed by atoms with Gasteiger partial charge in [-0.2, -0.15) is 0 Å². The van der Waals surface area contributed by atoms with Crippen molar-refractivity contribution < 1.29 is 19.1 Å². The molecule has 1 aromatic rings. The van der Waals surface area contributed by atoms with Crippen LogP contribution < -0.4 is 5.32 Å². The third-order valence-electron chi connectivity index (χ3n) is 2.53. The Kier molecular flexibility index (Phi) is 6.49. The Morgan fingerprint density at radius 3 is 2.63 bits per heavy atom. The zero-order chi connectivity index (χ0) is 14.3. The Morgan fingerprint density at radius 2 is 1.95 bits per heavy atom. The van der Waals surface area contributed by atoms with Crippen LogP contribution in [0.2, 0.25) is 0 Å². The number of unbranched alkanes of at least 4 members (excludes halogenated alkanes) is 1. The zero-order valence-electron chi connectivity index (χ0n) is 10.3. The molecule has 0 atom stereocenters. The van der Waals surface area contributed by atoms with Crippen molar-refractivity contribution in [1.29, 1.82) is 0 Å². The standard InChI is InChI=1S/C13H15BrFNO3/c14-10-5-6-11(15)9(7-10)8-16-12(17)3-1-2-4-13(18)19/h5-7H,1-4,8H2,(H,16,17)(H,18,19). The number of amides is 1. The normalized spacial score (nSPS) is 10.2. The summed E-state index contributed by atoms with van der Waals surface area (Å²) in [5.74, 6) is -1.43. The van der Waals surface area contributed by atoms with Crippen LogP contribution in [0.5, 0.6) is 0 Å². The van der Waals surface area contributed by atoms with Crippen LogP contribution in [0.4, 0.5) is 4.39 Å². The lowest BCUT2D eigenvalue weighted by atomic mass is 10.1. The van der Waals surface area contributed by atoms with Gasteiger partial charge in [0.2, 0.25) is 5.91 Å². The fraction of sp³-hybridized carbons (Fsp3) is 0.385. The molecule has 0 fully saturated rings. The Labute approximate surface area is 119 Å². The van der Waals surface area contributed by atoms with E-state index in [9.17, 15) is 14.0 Å². The van der Waals surface area contributed by atoms with Crippen LogP contribution in [0.15, 0.2) is 22.7 Å². The minimum Gasteiger partial charge on any atom is -0.481 e. The summed E-state index contributed by atoms with van der Waals surface area (Å²) < 4.78 is 14.1. The van der Waals surface area contributed by atoms with Gasteiger partial charge in [0.25, 0.3) is 0 Å². The molecule has 1 rings (SSSR count). The molecule has 0 saturated carbocycles. The molecule has 2 N–H and O–H groups in total. The zero-order valence-corrected chi connectivity index (χ0v) is 11.9. The van der Waals surface area contributed by atoms with Gasteiger partial charge in [-0.1, -0.05) is 15.9 Å². The number of aliphatic carboxylic acids is 1. The lowest BCUT2D eigenvalue weighted by Crippen LogP contribution is -2.23. The van der Waals surface area contributed by atoms with E-state index in [4.69, 9.17) is 5.11 Å². The second-order valence-electron chi connectivity index (χ2n) is 4.11. The highest BCUT2D eigenvalue weighted by Gasteiger charge is 2.06. The molecular weight excluding hydrogens is 317 g/mol. The highest BCUT2D eigenvalue weighted by atomic mass is 79.9. The van der Waals surface area contributed by atoms with Crippen molar-refractivity contribution in [3.05, 3.63) is 34.1 Å². The van der Waals surface area contributed by atoms with E-state index in [-0.39, 0.29) is 31.1 Å². The van der Waals surface area contributed by atoms with Gasteiger partial charge in [-0.25, -0.2) is 4.39 Å². The summed E-state index contributed by atoms with van der Waals surface area (Å²) in [4.78, 5) is 21.7. The van der Waals surface area contributed by atoms with Gasteiger partial charge in [-0.3, -0.25) is 9.59 Å². The summed E-state index contributed by atoms with van der Waals surface area (Å²) in [5, 5.41) is 11.0. The van der Waals surface area contributed by atoms with E-state index in [0.29, 0.717) is 18.4 Å². The summed E-state index contributed by atoms with van der Waals surface area (Å²) in [7, 11) is 0. The fourth-order valence-corrected chi connectivity index (χ4v) is 1.93. The first-order chi connectivity index (χ1) is 8.99. The number of carboxylic acid groups (broad SMARTS) is 1. The molecular formula is C13H15BrFNO3. The molecule has 0 aliphatic carbocycles. The predicted molar refractivity (Wildman–Crippen MR) is 72.1 cm³/mol. The van der Waals surface area contributed by atoms with Crippen molar-refractivity contribution in [2.24, 2.45) is 0 Å². The van der Waals surface area contributed by atoms with Crippen LogP contribution in [0.25, 0.3) is 0 Å². The highest BCUT2D eigenvalue weighted by molar-refractivity contribution is 9.10. The Bertz CT molecular complexity index is 465. The number of carboxylic acids is 1. The van der Waals surface area contributed by atoms with Gasteiger partial charge in [0.1, 0.15) is 5.82 Å². The van der Waals surface area contributed by atoms with Crippen LogP contribution in [0.3, 0.4) is 0 Å². The number of hydrogen-bond acceptors (Lipinski definition) is 2. The van der Waals surface area contributed by atoms with Gasteiger partial charge in [0.15, 0.2) is 0 Å². The van der Waals surface area contributed by atoms with Crippen molar-refractivity contribution in [2.45, 2.75) is 32.2 Å². The summed E-state index contributed by atoms with van der Waals surface area (Å²) in [6.07, 6.45) is 1.30. The molecule has 0 saturated heterocycles. The van der Waals surface area contributed by atoms with Crippen LogP contribution in [0.1, 0.15) is 31.2 Å². The first-order valence-electron chi connectivity index (χ1n) is 5.91. The number of nitrogens with one attached hydrogen (secondary N) is 1. The summed E-state index contributed by atoms with van der Waals surface area (Å²) in [6.45, 7) is 0.128. The first-order valence-corrected chi connectivity index (χ1v) is 6.71. The molecule has 0 bridgehead atoms. The van der Waals surface area contributed by atoms with E-state index in [1.807, 2.05) is 0 Å². The van der Waals surface area contributed by atoms with E-state index in [1.165, 1.54) is 6.07 Å². The smallest absolute Gasteiger partial charge is 0.303 e. The Balaban J connectivity index is 2.30. The lowest BCUT2D eigenvalue weighted by molar-refractivity contribution is -0.137. The molecule has 0 radical (unpaired) electrons. The molecule has 6 heteroatoms. The number of rotatable bonds is 7. The molecule has 19 heavy (non-hydrogen) atoms. The third kappa shape index (κ3) is 6.33. The SMILES string of the molecule is O=C(O)CCCCC(=O)NCc1cc(Br)ccc1F. The minimum absolute atomic E-state index is 0.0630. The number of hydrogen-bond donors (Lipinski definition) is 2. The maximum Gasteiger partial charge on any atom is 0.303 e. The topological polar surface area (TPSA) is 66.4 Å². The van der Waals surface area contributed by atoms with Crippen molar-refractivity contribution in [1.82, 2.24) is 5.32 Å². The molecule has 4 nitrogen and oxygen atoms in total. The quantitative estimate of drug-likeness (QED) is 0.755. The largest absolute Gasteiger partial charge is 0.481 e. The van der Waals surface area contributed by atoms with E-state index in [0.717, 1.165) is 4.47 Å². The van der Waals surface area contributed by atoms with Crippen molar-refractivity contribution >= 4 is 27.8 Å². The number of halogens is 2. The van der Waals surface area contributed by atoms with Crippen molar-refractivity contribution in [3.8, 4) is 0 Å².